The van der Waals surface area contributed by atoms with Gasteiger partial charge in [-0.25, -0.2) is 9.59 Å². The molecule has 2 atom stereocenters. The van der Waals surface area contributed by atoms with Crippen molar-refractivity contribution in [1.29, 1.82) is 0 Å². The Kier molecular flexibility index (Phi) is 5.93. The van der Waals surface area contributed by atoms with Crippen molar-refractivity contribution < 1.29 is 24.2 Å². The summed E-state index contributed by atoms with van der Waals surface area (Å²) in [5.41, 5.74) is 4.49. The normalized spacial score (nSPS) is 16.5. The van der Waals surface area contributed by atoms with Gasteiger partial charge in [0.15, 0.2) is 0 Å². The number of carboxylic acids is 1. The molecule has 0 spiro atoms. The van der Waals surface area contributed by atoms with E-state index in [4.69, 9.17) is 4.74 Å². The number of fused-ring (bicyclic) bond motifs is 3. The number of carbonyl (C=O) groups excluding carboxylic acids is 2. The van der Waals surface area contributed by atoms with Crippen molar-refractivity contribution in [1.82, 2.24) is 10.6 Å². The van der Waals surface area contributed by atoms with Crippen LogP contribution in [0.15, 0.2) is 48.5 Å². The highest BCUT2D eigenvalue weighted by Crippen LogP contribution is 2.44. The van der Waals surface area contributed by atoms with E-state index >= 15 is 0 Å². The molecule has 2 aromatic carbocycles. The highest BCUT2D eigenvalue weighted by Gasteiger charge is 2.38. The zero-order valence-corrected chi connectivity index (χ0v) is 17.3. The molecule has 7 heteroatoms. The summed E-state index contributed by atoms with van der Waals surface area (Å²) in [7, 11) is 0. The number of carbonyl (C=O) groups is 3. The van der Waals surface area contributed by atoms with Crippen molar-refractivity contribution in [3.63, 3.8) is 0 Å². The molecular formula is C24H26N2O5. The lowest BCUT2D eigenvalue weighted by Gasteiger charge is -2.21. The summed E-state index contributed by atoms with van der Waals surface area (Å²) in [5.74, 6) is -1.66. The van der Waals surface area contributed by atoms with Crippen LogP contribution in [-0.4, -0.2) is 41.8 Å². The van der Waals surface area contributed by atoms with Gasteiger partial charge in [-0.05, 0) is 47.4 Å². The predicted molar refractivity (Wildman–Crippen MR) is 115 cm³/mol. The Balaban J connectivity index is 1.37. The summed E-state index contributed by atoms with van der Waals surface area (Å²) in [6, 6.07) is 14.3. The smallest absolute Gasteiger partial charge is 0.407 e. The monoisotopic (exact) mass is 422 g/mol. The van der Waals surface area contributed by atoms with Gasteiger partial charge in [0, 0.05) is 5.92 Å². The molecule has 3 N–H and O–H groups in total. The number of amides is 2. The number of nitrogens with one attached hydrogen (secondary N) is 2. The molecule has 0 radical (unpaired) electrons. The van der Waals surface area contributed by atoms with Gasteiger partial charge in [-0.3, -0.25) is 4.79 Å². The predicted octanol–water partition coefficient (Wildman–Crippen LogP) is 3.28. The van der Waals surface area contributed by atoms with Crippen molar-refractivity contribution in [2.75, 3.05) is 6.61 Å². The van der Waals surface area contributed by atoms with E-state index in [-0.39, 0.29) is 18.4 Å². The standard InChI is InChI=1S/C24H26N2O5/c1-2-20(22(27)26-21(23(28)29)14-11-12-14)25-24(30)31-13-19-17-9-5-3-7-15(17)16-8-4-6-10-18(16)19/h3-10,14,19-21H,2,11-13H2,1H3,(H,25,30)(H,26,27)(H,28,29)/t20-,21?/m0/s1. The van der Waals surface area contributed by atoms with Crippen LogP contribution >= 0.6 is 0 Å². The van der Waals surface area contributed by atoms with Gasteiger partial charge in [-0.2, -0.15) is 0 Å². The number of alkyl carbamates (subject to hydrolysis) is 1. The van der Waals surface area contributed by atoms with E-state index in [1.807, 2.05) is 36.4 Å². The van der Waals surface area contributed by atoms with Gasteiger partial charge >= 0.3 is 12.1 Å². The number of hydrogen-bond donors (Lipinski definition) is 3. The fourth-order valence-corrected chi connectivity index (χ4v) is 4.20. The van der Waals surface area contributed by atoms with Crippen molar-refractivity contribution in [3.05, 3.63) is 59.7 Å². The first-order valence-corrected chi connectivity index (χ1v) is 10.6. The molecule has 1 unspecified atom stereocenters. The maximum absolute atomic E-state index is 12.5. The highest BCUT2D eigenvalue weighted by atomic mass is 16.5. The summed E-state index contributed by atoms with van der Waals surface area (Å²) >= 11 is 0. The molecule has 0 aliphatic heterocycles. The number of benzene rings is 2. The highest BCUT2D eigenvalue weighted by molar-refractivity contribution is 5.89. The average Bonchev–Trinajstić information content (AvgIpc) is 3.56. The fourth-order valence-electron chi connectivity index (χ4n) is 4.20. The fraction of sp³-hybridized carbons (Fsp3) is 0.375. The van der Waals surface area contributed by atoms with Gasteiger partial charge in [0.05, 0.1) is 0 Å². The zero-order chi connectivity index (χ0) is 22.0. The minimum atomic E-state index is -1.05. The van der Waals surface area contributed by atoms with Crippen LogP contribution in [-0.2, 0) is 14.3 Å². The molecule has 4 rings (SSSR count). The quantitative estimate of drug-likeness (QED) is 0.606. The Bertz CT molecular complexity index is 955. The third-order valence-electron chi connectivity index (χ3n) is 6.02. The third kappa shape index (κ3) is 4.40. The van der Waals surface area contributed by atoms with Crippen LogP contribution < -0.4 is 10.6 Å². The number of aliphatic carboxylic acids is 1. The lowest BCUT2D eigenvalue weighted by atomic mass is 9.98. The van der Waals surface area contributed by atoms with Gasteiger partial charge < -0.3 is 20.5 Å². The molecule has 7 nitrogen and oxygen atoms in total. The molecule has 0 heterocycles. The SMILES string of the molecule is CC[C@H](NC(=O)OCC1c2ccccc2-c2ccccc21)C(=O)NC(C(=O)O)C1CC1. The summed E-state index contributed by atoms with van der Waals surface area (Å²) in [4.78, 5) is 36.3. The van der Waals surface area contributed by atoms with Gasteiger partial charge in [0.25, 0.3) is 0 Å². The first kappa shape index (κ1) is 20.9. The maximum Gasteiger partial charge on any atom is 0.407 e. The van der Waals surface area contributed by atoms with Crippen LogP contribution in [0.25, 0.3) is 11.1 Å². The molecule has 0 bridgehead atoms. The summed E-state index contributed by atoms with van der Waals surface area (Å²) < 4.78 is 5.49. The Hall–Kier alpha value is -3.35. The first-order valence-electron chi connectivity index (χ1n) is 10.6. The molecule has 2 amide bonds. The van der Waals surface area contributed by atoms with Crippen LogP contribution in [0, 0.1) is 5.92 Å². The van der Waals surface area contributed by atoms with Crippen LogP contribution in [0.1, 0.15) is 43.2 Å². The van der Waals surface area contributed by atoms with Crippen LogP contribution in [0.2, 0.25) is 0 Å². The van der Waals surface area contributed by atoms with Crippen LogP contribution in [0.3, 0.4) is 0 Å². The Morgan fingerprint density at radius 3 is 2.10 bits per heavy atom. The summed E-state index contributed by atoms with van der Waals surface area (Å²) in [6.07, 6.45) is 1.21. The Morgan fingerprint density at radius 2 is 1.58 bits per heavy atom. The number of rotatable bonds is 8. The first-order chi connectivity index (χ1) is 15.0. The molecule has 162 valence electrons. The van der Waals surface area contributed by atoms with Crippen LogP contribution in [0.4, 0.5) is 4.79 Å². The maximum atomic E-state index is 12.5. The molecule has 0 aromatic heterocycles. The van der Waals surface area contributed by atoms with E-state index in [1.165, 1.54) is 0 Å². The van der Waals surface area contributed by atoms with Gasteiger partial charge in [0.2, 0.25) is 5.91 Å². The minimum absolute atomic E-state index is 0.0339. The zero-order valence-electron chi connectivity index (χ0n) is 17.3. The van der Waals surface area contributed by atoms with Gasteiger partial charge in [-0.15, -0.1) is 0 Å². The van der Waals surface area contributed by atoms with Crippen molar-refractivity contribution in [3.8, 4) is 11.1 Å². The molecule has 1 saturated carbocycles. The topological polar surface area (TPSA) is 105 Å². The van der Waals surface area contributed by atoms with E-state index in [9.17, 15) is 19.5 Å². The van der Waals surface area contributed by atoms with Gasteiger partial charge in [-0.1, -0.05) is 55.5 Å². The number of hydrogen-bond acceptors (Lipinski definition) is 4. The molecule has 2 aromatic rings. The lowest BCUT2D eigenvalue weighted by Crippen LogP contribution is -2.52. The molecule has 0 saturated heterocycles. The second-order valence-electron chi connectivity index (χ2n) is 8.09. The second kappa shape index (κ2) is 8.79. The average molecular weight is 422 g/mol. The van der Waals surface area contributed by atoms with Crippen molar-refractivity contribution in [2.24, 2.45) is 5.92 Å². The second-order valence-corrected chi connectivity index (χ2v) is 8.09. The summed E-state index contributed by atoms with van der Waals surface area (Å²) in [6.45, 7) is 1.90. The minimum Gasteiger partial charge on any atom is -0.480 e. The van der Waals surface area contributed by atoms with E-state index < -0.39 is 30.1 Å². The molecular weight excluding hydrogens is 396 g/mol. The van der Waals surface area contributed by atoms with Crippen molar-refractivity contribution in [2.45, 2.75) is 44.2 Å². The number of carboxylic acid groups (broad SMARTS) is 1. The third-order valence-corrected chi connectivity index (χ3v) is 6.02. The molecule has 2 aliphatic carbocycles. The molecule has 2 aliphatic rings. The van der Waals surface area contributed by atoms with Crippen molar-refractivity contribution >= 4 is 18.0 Å². The van der Waals surface area contributed by atoms with E-state index in [0.29, 0.717) is 6.42 Å². The molecule has 31 heavy (non-hydrogen) atoms. The van der Waals surface area contributed by atoms with E-state index in [2.05, 4.69) is 22.8 Å². The summed E-state index contributed by atoms with van der Waals surface area (Å²) in [5, 5.41) is 14.4. The number of ether oxygens (including phenoxy) is 1. The van der Waals surface area contributed by atoms with Crippen LogP contribution in [0.5, 0.6) is 0 Å². The lowest BCUT2D eigenvalue weighted by molar-refractivity contribution is -0.142. The largest absolute Gasteiger partial charge is 0.480 e. The Morgan fingerprint density at radius 1 is 1.00 bits per heavy atom. The molecule has 1 fully saturated rings. The van der Waals surface area contributed by atoms with E-state index in [1.54, 1.807) is 6.92 Å². The van der Waals surface area contributed by atoms with E-state index in [0.717, 1.165) is 35.1 Å². The van der Waals surface area contributed by atoms with Gasteiger partial charge in [0.1, 0.15) is 18.7 Å². The Labute approximate surface area is 180 Å².